The van der Waals surface area contributed by atoms with Crippen LogP contribution in [0.3, 0.4) is 0 Å². The lowest BCUT2D eigenvalue weighted by Gasteiger charge is -2.31. The molecule has 2 aromatic rings. The van der Waals surface area contributed by atoms with Gasteiger partial charge >= 0.3 is 0 Å². The second-order valence-electron chi connectivity index (χ2n) is 8.31. The molecule has 1 aliphatic heterocycles. The number of likely N-dealkylation sites (tertiary alicyclic amines) is 1. The quantitative estimate of drug-likeness (QED) is 0.672. The summed E-state index contributed by atoms with van der Waals surface area (Å²) in [6, 6.07) is 5.90. The van der Waals surface area contributed by atoms with E-state index in [9.17, 15) is 4.79 Å². The minimum absolute atomic E-state index is 0.250. The van der Waals surface area contributed by atoms with E-state index in [0.29, 0.717) is 46.6 Å². The Hall–Kier alpha value is -2.09. The molecule has 1 saturated carbocycles. The third-order valence-corrected chi connectivity index (χ3v) is 7.03. The molecular weight excluding hydrogens is 441 g/mol. The van der Waals surface area contributed by atoms with Gasteiger partial charge in [0.05, 0.1) is 10.0 Å². The molecular formula is C22H27Cl2N3O4. The predicted octanol–water partition coefficient (Wildman–Crippen LogP) is 4.35. The standard InChI is InChI=1S/C21H25Cl2N3O2.CH2O2/c1-12-16(21(24-28-12)20-17(22)5-4-6-18(20)23)11-25(2)15-7-13-9-19(27)26(3)10-14(13)8-15;2-1-3/h4-6,13-15H,7-11H2,1-3H3;1H,(H,2,3)/t13-,14+,15-;/m1./s1. The number of hydrogen-bond donors (Lipinski definition) is 1. The Labute approximate surface area is 191 Å². The van der Waals surface area contributed by atoms with Gasteiger partial charge in [-0.1, -0.05) is 34.4 Å². The highest BCUT2D eigenvalue weighted by atomic mass is 35.5. The van der Waals surface area contributed by atoms with E-state index in [-0.39, 0.29) is 12.4 Å². The van der Waals surface area contributed by atoms with Gasteiger partial charge in [0.15, 0.2) is 0 Å². The Kier molecular flexibility index (Phi) is 7.62. The average Bonchev–Trinajstić information content (AvgIpc) is 3.27. The van der Waals surface area contributed by atoms with E-state index in [1.54, 1.807) is 0 Å². The minimum atomic E-state index is -0.250. The van der Waals surface area contributed by atoms with Gasteiger partial charge in [0.1, 0.15) is 11.5 Å². The van der Waals surface area contributed by atoms with Crippen LogP contribution in [0.4, 0.5) is 0 Å². The van der Waals surface area contributed by atoms with Crippen LogP contribution in [0.2, 0.25) is 10.0 Å². The summed E-state index contributed by atoms with van der Waals surface area (Å²) in [5.74, 6) is 2.15. The molecule has 2 fully saturated rings. The van der Waals surface area contributed by atoms with Gasteiger partial charge in [-0.3, -0.25) is 14.5 Å². The van der Waals surface area contributed by atoms with Crippen LogP contribution >= 0.6 is 23.2 Å². The van der Waals surface area contributed by atoms with E-state index in [1.807, 2.05) is 37.1 Å². The summed E-state index contributed by atoms with van der Waals surface area (Å²) in [5.41, 5.74) is 2.45. The van der Waals surface area contributed by atoms with Gasteiger partial charge in [0.25, 0.3) is 6.47 Å². The molecule has 2 heterocycles. The van der Waals surface area contributed by atoms with Crippen molar-refractivity contribution < 1.29 is 19.2 Å². The lowest BCUT2D eigenvalue weighted by molar-refractivity contribution is -0.135. The zero-order valence-electron chi connectivity index (χ0n) is 17.8. The third kappa shape index (κ3) is 5.05. The summed E-state index contributed by atoms with van der Waals surface area (Å²) in [6.07, 6.45) is 2.86. The number of amides is 1. The fourth-order valence-electron chi connectivity index (χ4n) is 4.72. The molecule has 1 aromatic heterocycles. The monoisotopic (exact) mass is 467 g/mol. The number of fused-ring (bicyclic) bond motifs is 1. The van der Waals surface area contributed by atoms with Gasteiger partial charge in [-0.15, -0.1) is 0 Å². The number of piperidine rings is 1. The molecule has 0 unspecified atom stereocenters. The van der Waals surface area contributed by atoms with Crippen LogP contribution in [0.5, 0.6) is 0 Å². The molecule has 9 heteroatoms. The van der Waals surface area contributed by atoms with Crippen LogP contribution in [0.25, 0.3) is 11.3 Å². The van der Waals surface area contributed by atoms with Gasteiger partial charge in [-0.25, -0.2) is 0 Å². The Morgan fingerprint density at radius 3 is 2.55 bits per heavy atom. The maximum Gasteiger partial charge on any atom is 0.290 e. The van der Waals surface area contributed by atoms with E-state index < -0.39 is 0 Å². The van der Waals surface area contributed by atoms with E-state index in [2.05, 4.69) is 17.1 Å². The second kappa shape index (κ2) is 10.0. The Morgan fingerprint density at radius 2 is 1.90 bits per heavy atom. The molecule has 0 spiro atoms. The number of benzene rings is 1. The van der Waals surface area contributed by atoms with Crippen molar-refractivity contribution in [2.24, 2.45) is 11.8 Å². The number of carboxylic acid groups (broad SMARTS) is 1. The van der Waals surface area contributed by atoms with Gasteiger partial charge in [0, 0.05) is 43.7 Å². The highest BCUT2D eigenvalue weighted by Crippen LogP contribution is 2.41. The maximum atomic E-state index is 12.0. The molecule has 3 atom stereocenters. The summed E-state index contributed by atoms with van der Waals surface area (Å²) in [5, 5.41) is 12.3. The predicted molar refractivity (Wildman–Crippen MR) is 119 cm³/mol. The summed E-state index contributed by atoms with van der Waals surface area (Å²) in [4.78, 5) is 24.6. The van der Waals surface area contributed by atoms with Gasteiger partial charge in [-0.2, -0.15) is 0 Å². The van der Waals surface area contributed by atoms with Crippen molar-refractivity contribution in [2.75, 3.05) is 20.6 Å². The number of aryl methyl sites for hydroxylation is 1. The highest BCUT2D eigenvalue weighted by Gasteiger charge is 2.41. The van der Waals surface area contributed by atoms with Crippen LogP contribution in [0, 0.1) is 18.8 Å². The fraction of sp³-hybridized carbons (Fsp3) is 0.500. The fourth-order valence-corrected chi connectivity index (χ4v) is 5.30. The molecule has 168 valence electrons. The molecule has 0 radical (unpaired) electrons. The largest absolute Gasteiger partial charge is 0.483 e. The van der Waals surface area contributed by atoms with Crippen molar-refractivity contribution in [3.05, 3.63) is 39.6 Å². The lowest BCUT2D eigenvalue weighted by atomic mass is 9.88. The molecule has 1 saturated heterocycles. The van der Waals surface area contributed by atoms with Crippen LogP contribution in [-0.2, 0) is 16.1 Å². The van der Waals surface area contributed by atoms with E-state index >= 15 is 0 Å². The van der Waals surface area contributed by atoms with Crippen LogP contribution in [0.1, 0.15) is 30.6 Å². The molecule has 1 amide bonds. The summed E-state index contributed by atoms with van der Waals surface area (Å²) in [6.45, 7) is 3.26. The van der Waals surface area contributed by atoms with Crippen LogP contribution in [-0.4, -0.2) is 59.1 Å². The lowest BCUT2D eigenvalue weighted by Crippen LogP contribution is -2.39. The normalized spacial score (nSPS) is 22.8. The SMILES string of the molecule is Cc1onc(-c2c(Cl)cccc2Cl)c1CN(C)[C@@H]1C[C@@H]2CC(=O)N(C)C[C@@H]2C1.O=CO. The van der Waals surface area contributed by atoms with Gasteiger partial charge in [-0.05, 0) is 50.8 Å². The van der Waals surface area contributed by atoms with Crippen molar-refractivity contribution in [2.45, 2.75) is 38.8 Å². The number of carbonyl (C=O) groups excluding carboxylic acids is 1. The van der Waals surface area contributed by atoms with Crippen molar-refractivity contribution in [1.82, 2.24) is 15.0 Å². The first kappa shape index (κ1) is 23.6. The average molecular weight is 468 g/mol. The summed E-state index contributed by atoms with van der Waals surface area (Å²) < 4.78 is 5.50. The smallest absolute Gasteiger partial charge is 0.290 e. The van der Waals surface area contributed by atoms with Crippen molar-refractivity contribution in [1.29, 1.82) is 0 Å². The van der Waals surface area contributed by atoms with Crippen LogP contribution in [0.15, 0.2) is 22.7 Å². The van der Waals surface area contributed by atoms with E-state index in [4.69, 9.17) is 37.6 Å². The Bertz CT molecular complexity index is 929. The van der Waals surface area contributed by atoms with Gasteiger partial charge in [0.2, 0.25) is 5.91 Å². The molecule has 2 aliphatic rings. The summed E-state index contributed by atoms with van der Waals surface area (Å²) >= 11 is 12.8. The molecule has 31 heavy (non-hydrogen) atoms. The minimum Gasteiger partial charge on any atom is -0.483 e. The van der Waals surface area contributed by atoms with E-state index in [1.165, 1.54) is 0 Å². The number of halogens is 2. The molecule has 1 N–H and O–H groups in total. The first-order valence-electron chi connectivity index (χ1n) is 10.2. The molecule has 1 aliphatic carbocycles. The number of aromatic nitrogens is 1. The topological polar surface area (TPSA) is 86.9 Å². The number of carbonyl (C=O) groups is 2. The first-order valence-corrected chi connectivity index (χ1v) is 10.9. The zero-order chi connectivity index (χ0) is 22.7. The molecule has 0 bridgehead atoms. The van der Waals surface area contributed by atoms with E-state index in [0.717, 1.165) is 36.3 Å². The zero-order valence-corrected chi connectivity index (χ0v) is 19.4. The van der Waals surface area contributed by atoms with Crippen molar-refractivity contribution in [3.63, 3.8) is 0 Å². The Morgan fingerprint density at radius 1 is 1.29 bits per heavy atom. The summed E-state index contributed by atoms with van der Waals surface area (Å²) in [7, 11) is 4.05. The third-order valence-electron chi connectivity index (χ3n) is 6.40. The Balaban J connectivity index is 0.000000858. The molecule has 4 rings (SSSR count). The van der Waals surface area contributed by atoms with Gasteiger partial charge < -0.3 is 14.5 Å². The second-order valence-corrected chi connectivity index (χ2v) is 9.12. The highest BCUT2D eigenvalue weighted by molar-refractivity contribution is 6.39. The number of hydrogen-bond acceptors (Lipinski definition) is 5. The van der Waals surface area contributed by atoms with Crippen LogP contribution < -0.4 is 0 Å². The first-order chi connectivity index (χ1) is 14.8. The number of rotatable bonds is 4. The molecule has 1 aromatic carbocycles. The van der Waals surface area contributed by atoms with Crippen molar-refractivity contribution in [3.8, 4) is 11.3 Å². The van der Waals surface area contributed by atoms with Crippen molar-refractivity contribution >= 4 is 35.6 Å². The number of nitrogens with zero attached hydrogens (tertiary/aromatic N) is 3. The molecule has 7 nitrogen and oxygen atoms in total. The maximum absolute atomic E-state index is 12.0.